The fraction of sp³-hybridized carbons (Fsp3) is 0.167. The number of amides is 1. The lowest BCUT2D eigenvalue weighted by atomic mass is 10.1. The largest absolute Gasteiger partial charge is 0.338 e. The second-order valence-corrected chi connectivity index (χ2v) is 7.23. The summed E-state index contributed by atoms with van der Waals surface area (Å²) in [5.41, 5.74) is 5.64. The number of hydrogen-bond donors (Lipinski definition) is 2. The first kappa shape index (κ1) is 20.3. The van der Waals surface area contributed by atoms with E-state index in [1.165, 1.54) is 0 Å². The molecule has 0 atom stereocenters. The van der Waals surface area contributed by atoms with Gasteiger partial charge in [-0.1, -0.05) is 30.3 Å². The standard InChI is InChI=1S/C24H24N6O/c1-5-14-25-17(4)26-24(31)19-12-9-13-20-22(19)28-23(27-20)21-15(2)29-30(16(21)3)18-10-7-6-8-11-18/h5-14H,1-4H3,(H,27,28)(H,25,26,31)/b14-5-. The number of aromatic amines is 1. The molecule has 0 aliphatic carbocycles. The molecule has 0 spiro atoms. The van der Waals surface area contributed by atoms with Gasteiger partial charge in [-0.2, -0.15) is 5.10 Å². The van der Waals surface area contributed by atoms with Crippen LogP contribution in [0.1, 0.15) is 35.6 Å². The molecule has 0 saturated carbocycles. The quantitative estimate of drug-likeness (QED) is 0.376. The highest BCUT2D eigenvalue weighted by molar-refractivity contribution is 6.11. The number of fused-ring (bicyclic) bond motifs is 1. The Morgan fingerprint density at radius 1 is 1.13 bits per heavy atom. The van der Waals surface area contributed by atoms with Crippen LogP contribution >= 0.6 is 0 Å². The summed E-state index contributed by atoms with van der Waals surface area (Å²) in [6.45, 7) is 7.60. The molecule has 7 nitrogen and oxygen atoms in total. The van der Waals surface area contributed by atoms with Crippen LogP contribution in [0, 0.1) is 13.8 Å². The Hall–Kier alpha value is -4.00. The highest BCUT2D eigenvalue weighted by Crippen LogP contribution is 2.29. The van der Waals surface area contributed by atoms with E-state index in [1.807, 2.05) is 67.9 Å². The van der Waals surface area contributed by atoms with Gasteiger partial charge in [0.2, 0.25) is 0 Å². The highest BCUT2D eigenvalue weighted by Gasteiger charge is 2.20. The number of nitrogens with one attached hydrogen (secondary N) is 2. The molecule has 0 aliphatic heterocycles. The summed E-state index contributed by atoms with van der Waals surface area (Å²) in [6.07, 6.45) is 3.44. The molecule has 31 heavy (non-hydrogen) atoms. The summed E-state index contributed by atoms with van der Waals surface area (Å²) < 4.78 is 1.91. The molecule has 0 saturated heterocycles. The molecule has 0 aliphatic rings. The maximum atomic E-state index is 12.8. The average Bonchev–Trinajstić information content (AvgIpc) is 3.32. The molecule has 2 heterocycles. The number of allylic oxidation sites excluding steroid dienone is 1. The fourth-order valence-corrected chi connectivity index (χ4v) is 3.59. The summed E-state index contributed by atoms with van der Waals surface area (Å²) in [6, 6.07) is 15.5. The highest BCUT2D eigenvalue weighted by atomic mass is 16.1. The zero-order valence-electron chi connectivity index (χ0n) is 18.0. The van der Waals surface area contributed by atoms with Gasteiger partial charge in [0.1, 0.15) is 17.2 Å². The van der Waals surface area contributed by atoms with Gasteiger partial charge in [0.05, 0.1) is 33.7 Å². The molecule has 4 aromatic rings. The van der Waals surface area contributed by atoms with Crippen LogP contribution in [0.5, 0.6) is 0 Å². The normalized spacial score (nSPS) is 12.1. The van der Waals surface area contributed by atoms with Crippen molar-refractivity contribution in [2.45, 2.75) is 27.7 Å². The number of H-pyrrole nitrogens is 1. The lowest BCUT2D eigenvalue weighted by Gasteiger charge is -2.04. The number of rotatable bonds is 4. The molecule has 0 bridgehead atoms. The number of carbonyl (C=O) groups excluding carboxylic acids is 1. The first-order valence-electron chi connectivity index (χ1n) is 10.1. The summed E-state index contributed by atoms with van der Waals surface area (Å²) in [5.74, 6) is 0.959. The minimum atomic E-state index is -0.247. The Morgan fingerprint density at radius 3 is 2.65 bits per heavy atom. The van der Waals surface area contributed by atoms with E-state index in [9.17, 15) is 4.79 Å². The van der Waals surface area contributed by atoms with Gasteiger partial charge in [-0.25, -0.2) is 14.7 Å². The molecule has 2 aromatic carbocycles. The van der Waals surface area contributed by atoms with E-state index in [2.05, 4.69) is 15.3 Å². The van der Waals surface area contributed by atoms with Crippen molar-refractivity contribution in [2.75, 3.05) is 0 Å². The molecular formula is C24H24N6O. The Morgan fingerprint density at radius 2 is 1.90 bits per heavy atom. The van der Waals surface area contributed by atoms with Gasteiger partial charge in [0.25, 0.3) is 5.91 Å². The third kappa shape index (κ3) is 3.90. The molecule has 1 amide bonds. The second-order valence-electron chi connectivity index (χ2n) is 7.23. The SMILES string of the molecule is C/C=C\N=C(C)NC(=O)c1cccc2[nH]c(-c3c(C)nn(-c4ccccc4)c3C)nc12. The lowest BCUT2D eigenvalue weighted by Crippen LogP contribution is -2.28. The summed E-state index contributed by atoms with van der Waals surface area (Å²) >= 11 is 0. The number of carbonyl (C=O) groups is 1. The van der Waals surface area contributed by atoms with Crippen LogP contribution in [0.4, 0.5) is 0 Å². The van der Waals surface area contributed by atoms with Crippen molar-refractivity contribution in [3.8, 4) is 17.1 Å². The van der Waals surface area contributed by atoms with Crippen molar-refractivity contribution in [1.82, 2.24) is 25.1 Å². The van der Waals surface area contributed by atoms with Crippen molar-refractivity contribution < 1.29 is 4.79 Å². The van der Waals surface area contributed by atoms with Gasteiger partial charge < -0.3 is 10.3 Å². The zero-order valence-corrected chi connectivity index (χ0v) is 18.0. The molecule has 4 rings (SSSR count). The van der Waals surface area contributed by atoms with Crippen LogP contribution in [0.15, 0.2) is 65.8 Å². The van der Waals surface area contributed by atoms with Crippen LogP contribution in [0.25, 0.3) is 28.1 Å². The molecule has 0 radical (unpaired) electrons. The van der Waals surface area contributed by atoms with E-state index in [0.717, 1.165) is 28.2 Å². The number of amidine groups is 1. The third-order valence-electron chi connectivity index (χ3n) is 5.00. The second kappa shape index (κ2) is 8.39. The predicted molar refractivity (Wildman–Crippen MR) is 124 cm³/mol. The number of aromatic nitrogens is 4. The van der Waals surface area contributed by atoms with Crippen LogP contribution in [-0.2, 0) is 0 Å². The first-order chi connectivity index (χ1) is 15.0. The number of nitrogens with zero attached hydrogens (tertiary/aromatic N) is 4. The number of para-hydroxylation sites is 2. The van der Waals surface area contributed by atoms with Gasteiger partial charge in [0, 0.05) is 6.20 Å². The fourth-order valence-electron chi connectivity index (χ4n) is 3.59. The molecule has 0 unspecified atom stereocenters. The maximum absolute atomic E-state index is 12.8. The van der Waals surface area contributed by atoms with E-state index >= 15 is 0 Å². The van der Waals surface area contributed by atoms with Crippen molar-refractivity contribution in [3.05, 3.63) is 77.8 Å². The monoisotopic (exact) mass is 412 g/mol. The smallest absolute Gasteiger partial charge is 0.258 e. The molecule has 156 valence electrons. The zero-order chi connectivity index (χ0) is 22.0. The van der Waals surface area contributed by atoms with Crippen LogP contribution in [-0.4, -0.2) is 31.5 Å². The van der Waals surface area contributed by atoms with Gasteiger partial charge in [-0.3, -0.25) is 4.79 Å². The van der Waals surface area contributed by atoms with Crippen LogP contribution in [0.2, 0.25) is 0 Å². The van der Waals surface area contributed by atoms with Crippen LogP contribution in [0.3, 0.4) is 0 Å². The molecule has 7 heteroatoms. The molecule has 2 aromatic heterocycles. The van der Waals surface area contributed by atoms with E-state index in [-0.39, 0.29) is 5.91 Å². The Labute approximate surface area is 180 Å². The van der Waals surface area contributed by atoms with Crippen molar-refractivity contribution in [1.29, 1.82) is 0 Å². The minimum Gasteiger partial charge on any atom is -0.338 e. The number of hydrogen-bond acceptors (Lipinski definition) is 4. The van der Waals surface area contributed by atoms with Crippen molar-refractivity contribution >= 4 is 22.8 Å². The van der Waals surface area contributed by atoms with E-state index in [4.69, 9.17) is 10.1 Å². The van der Waals surface area contributed by atoms with Crippen molar-refractivity contribution in [2.24, 2.45) is 4.99 Å². The Balaban J connectivity index is 1.76. The van der Waals surface area contributed by atoms with Gasteiger partial charge in [0.15, 0.2) is 0 Å². The van der Waals surface area contributed by atoms with Gasteiger partial charge >= 0.3 is 0 Å². The number of imidazole rings is 1. The topological polar surface area (TPSA) is 88.0 Å². The Bertz CT molecular complexity index is 1310. The lowest BCUT2D eigenvalue weighted by molar-refractivity contribution is 0.0978. The van der Waals surface area contributed by atoms with Crippen molar-refractivity contribution in [3.63, 3.8) is 0 Å². The van der Waals surface area contributed by atoms with Gasteiger partial charge in [-0.05, 0) is 52.0 Å². The predicted octanol–water partition coefficient (Wildman–Crippen LogP) is 4.71. The maximum Gasteiger partial charge on any atom is 0.258 e. The van der Waals surface area contributed by atoms with E-state index in [1.54, 1.807) is 25.3 Å². The van der Waals surface area contributed by atoms with E-state index < -0.39 is 0 Å². The summed E-state index contributed by atoms with van der Waals surface area (Å²) in [5, 5.41) is 7.52. The molecule has 0 fully saturated rings. The summed E-state index contributed by atoms with van der Waals surface area (Å²) in [4.78, 5) is 25.1. The first-order valence-corrected chi connectivity index (χ1v) is 10.1. The average molecular weight is 412 g/mol. The number of aliphatic imine (C=N–C) groups is 1. The number of benzene rings is 2. The molecular weight excluding hydrogens is 388 g/mol. The number of aryl methyl sites for hydroxylation is 1. The van der Waals surface area contributed by atoms with Gasteiger partial charge in [-0.15, -0.1) is 0 Å². The van der Waals surface area contributed by atoms with E-state index in [0.29, 0.717) is 22.7 Å². The van der Waals surface area contributed by atoms with Crippen LogP contribution < -0.4 is 5.32 Å². The molecule has 2 N–H and O–H groups in total. The Kier molecular flexibility index (Phi) is 5.49. The summed E-state index contributed by atoms with van der Waals surface area (Å²) in [7, 11) is 0. The third-order valence-corrected chi connectivity index (χ3v) is 5.00. The minimum absolute atomic E-state index is 0.247.